The van der Waals surface area contributed by atoms with Gasteiger partial charge in [-0.05, 0) is 44.5 Å². The Hall–Kier alpha value is -2.96. The van der Waals surface area contributed by atoms with Crippen molar-refractivity contribution in [1.82, 2.24) is 24.7 Å². The number of amides is 1. The second-order valence-electron chi connectivity index (χ2n) is 5.61. The van der Waals surface area contributed by atoms with E-state index in [1.54, 1.807) is 24.7 Å². The van der Waals surface area contributed by atoms with Gasteiger partial charge in [0.25, 0.3) is 5.91 Å². The molecule has 0 bridgehead atoms. The molecule has 0 aliphatic rings. The Morgan fingerprint density at radius 1 is 1.35 bits per heavy atom. The fourth-order valence-corrected chi connectivity index (χ4v) is 2.25. The van der Waals surface area contributed by atoms with E-state index in [9.17, 15) is 4.79 Å². The van der Waals surface area contributed by atoms with Crippen LogP contribution >= 0.6 is 0 Å². The highest BCUT2D eigenvalue weighted by Gasteiger charge is 2.13. The Morgan fingerprint density at radius 3 is 2.87 bits per heavy atom. The van der Waals surface area contributed by atoms with Gasteiger partial charge >= 0.3 is 0 Å². The van der Waals surface area contributed by atoms with Crippen LogP contribution in [0.5, 0.6) is 0 Å². The van der Waals surface area contributed by atoms with E-state index in [1.807, 2.05) is 37.5 Å². The number of pyridine rings is 1. The van der Waals surface area contributed by atoms with E-state index in [4.69, 9.17) is 0 Å². The zero-order valence-electron chi connectivity index (χ0n) is 13.2. The Balaban J connectivity index is 1.85. The van der Waals surface area contributed by atoms with Crippen molar-refractivity contribution < 1.29 is 4.79 Å². The van der Waals surface area contributed by atoms with E-state index < -0.39 is 0 Å². The summed E-state index contributed by atoms with van der Waals surface area (Å²) in [6, 6.07) is 7.43. The summed E-state index contributed by atoms with van der Waals surface area (Å²) in [6.45, 7) is 6.02. The molecule has 3 rings (SSSR count). The maximum atomic E-state index is 12.2. The molecule has 3 aromatic rings. The van der Waals surface area contributed by atoms with Gasteiger partial charge in [0.05, 0.1) is 0 Å². The molecule has 0 aliphatic carbocycles. The molecule has 2 N–H and O–H groups in total. The third-order valence-electron chi connectivity index (χ3n) is 3.42. The molecule has 23 heavy (non-hydrogen) atoms. The van der Waals surface area contributed by atoms with Gasteiger partial charge in [-0.1, -0.05) is 6.07 Å². The second kappa shape index (κ2) is 6.04. The van der Waals surface area contributed by atoms with Crippen LogP contribution in [0.15, 0.2) is 36.8 Å². The first kappa shape index (κ1) is 15.0. The smallest absolute Gasteiger partial charge is 0.273 e. The van der Waals surface area contributed by atoms with Gasteiger partial charge in [-0.3, -0.25) is 4.79 Å². The molecular weight excluding hydrogens is 292 g/mol. The Morgan fingerprint density at radius 2 is 2.17 bits per heavy atom. The van der Waals surface area contributed by atoms with Crippen molar-refractivity contribution in [3.05, 3.63) is 48.0 Å². The number of aromatic nitrogens is 5. The predicted molar refractivity (Wildman–Crippen MR) is 87.1 cm³/mol. The van der Waals surface area contributed by atoms with Gasteiger partial charge in [0.2, 0.25) is 0 Å². The van der Waals surface area contributed by atoms with E-state index >= 15 is 0 Å². The average Bonchev–Trinajstić information content (AvgIpc) is 3.16. The molecule has 0 fully saturated rings. The van der Waals surface area contributed by atoms with E-state index in [-0.39, 0.29) is 11.9 Å². The zero-order valence-corrected chi connectivity index (χ0v) is 13.2. The monoisotopic (exact) mass is 310 g/mol. The molecule has 0 aromatic carbocycles. The summed E-state index contributed by atoms with van der Waals surface area (Å²) >= 11 is 0. The Bertz CT molecular complexity index is 832. The van der Waals surface area contributed by atoms with E-state index in [2.05, 4.69) is 25.5 Å². The first-order valence-corrected chi connectivity index (χ1v) is 7.38. The molecular formula is C16H18N6O. The topological polar surface area (TPSA) is 88.5 Å². The number of nitrogens with zero attached hydrogens (tertiary/aromatic N) is 4. The number of H-pyrrole nitrogens is 1. The quantitative estimate of drug-likeness (QED) is 0.775. The maximum Gasteiger partial charge on any atom is 0.273 e. The van der Waals surface area contributed by atoms with Gasteiger partial charge in [-0.2, -0.15) is 0 Å². The summed E-state index contributed by atoms with van der Waals surface area (Å²) in [6.07, 6.45) is 3.46. The van der Waals surface area contributed by atoms with Gasteiger partial charge in [0, 0.05) is 12.2 Å². The fraction of sp³-hybridized carbons (Fsp3) is 0.250. The number of carbonyl (C=O) groups is 1. The van der Waals surface area contributed by atoms with Crippen LogP contribution in [0.25, 0.3) is 11.5 Å². The van der Waals surface area contributed by atoms with Crippen LogP contribution in [-0.2, 0) is 0 Å². The van der Waals surface area contributed by atoms with Gasteiger partial charge < -0.3 is 14.9 Å². The van der Waals surface area contributed by atoms with E-state index in [0.29, 0.717) is 23.0 Å². The van der Waals surface area contributed by atoms with Gasteiger partial charge in [-0.15, -0.1) is 10.2 Å². The number of hydrogen-bond acceptors (Lipinski definition) is 4. The molecule has 3 heterocycles. The summed E-state index contributed by atoms with van der Waals surface area (Å²) in [5, 5.41) is 10.8. The van der Waals surface area contributed by atoms with Crippen LogP contribution in [0.2, 0.25) is 0 Å². The van der Waals surface area contributed by atoms with Crippen LogP contribution in [0.1, 0.15) is 35.9 Å². The van der Waals surface area contributed by atoms with Crippen LogP contribution in [0, 0.1) is 6.92 Å². The summed E-state index contributed by atoms with van der Waals surface area (Å²) in [5.74, 6) is 0.915. The number of carbonyl (C=O) groups excluding carboxylic acids is 1. The van der Waals surface area contributed by atoms with Crippen molar-refractivity contribution in [2.75, 3.05) is 5.32 Å². The summed E-state index contributed by atoms with van der Waals surface area (Å²) in [7, 11) is 0. The molecule has 3 aromatic heterocycles. The fourth-order valence-electron chi connectivity index (χ4n) is 2.25. The van der Waals surface area contributed by atoms with Gasteiger partial charge in [0.1, 0.15) is 23.5 Å². The number of rotatable bonds is 4. The number of aryl methyl sites for hydroxylation is 1. The molecule has 0 saturated carbocycles. The normalized spacial score (nSPS) is 11.0. The van der Waals surface area contributed by atoms with Crippen LogP contribution in [-0.4, -0.2) is 30.6 Å². The highest BCUT2D eigenvalue weighted by Crippen LogP contribution is 2.19. The van der Waals surface area contributed by atoms with Crippen LogP contribution in [0.3, 0.4) is 0 Å². The minimum absolute atomic E-state index is 0.224. The van der Waals surface area contributed by atoms with Crippen molar-refractivity contribution in [2.45, 2.75) is 26.8 Å². The molecule has 0 aliphatic heterocycles. The molecule has 0 saturated heterocycles. The van der Waals surface area contributed by atoms with Crippen molar-refractivity contribution >= 4 is 11.7 Å². The largest absolute Gasteiger partial charge is 0.357 e. The SMILES string of the molecule is Cc1c[nH]c(C(=O)Nc2cccc(-c3nncn3C(C)C)n2)c1. The number of aromatic amines is 1. The Kier molecular flexibility index (Phi) is 3.92. The number of nitrogens with one attached hydrogen (secondary N) is 2. The lowest BCUT2D eigenvalue weighted by Crippen LogP contribution is -2.13. The maximum absolute atomic E-state index is 12.2. The highest BCUT2D eigenvalue weighted by atomic mass is 16.1. The number of anilines is 1. The number of hydrogen-bond donors (Lipinski definition) is 2. The summed E-state index contributed by atoms with van der Waals surface area (Å²) in [5.41, 5.74) is 2.17. The van der Waals surface area contributed by atoms with Gasteiger partial charge in [-0.25, -0.2) is 4.98 Å². The van der Waals surface area contributed by atoms with E-state index in [1.165, 1.54) is 0 Å². The van der Waals surface area contributed by atoms with Crippen molar-refractivity contribution in [3.63, 3.8) is 0 Å². The minimum Gasteiger partial charge on any atom is -0.357 e. The zero-order chi connectivity index (χ0) is 16.4. The molecule has 7 nitrogen and oxygen atoms in total. The molecule has 0 unspecified atom stereocenters. The van der Waals surface area contributed by atoms with Gasteiger partial charge in [0.15, 0.2) is 5.82 Å². The first-order valence-electron chi connectivity index (χ1n) is 7.38. The molecule has 7 heteroatoms. The van der Waals surface area contributed by atoms with Crippen LogP contribution in [0.4, 0.5) is 5.82 Å². The average molecular weight is 310 g/mol. The van der Waals surface area contributed by atoms with Crippen molar-refractivity contribution in [1.29, 1.82) is 0 Å². The second-order valence-corrected chi connectivity index (χ2v) is 5.61. The van der Waals surface area contributed by atoms with Crippen molar-refractivity contribution in [2.24, 2.45) is 0 Å². The molecule has 118 valence electrons. The molecule has 0 radical (unpaired) electrons. The molecule has 0 spiro atoms. The molecule has 0 atom stereocenters. The predicted octanol–water partition coefficient (Wildman–Crippen LogP) is 2.81. The molecule has 1 amide bonds. The summed E-state index contributed by atoms with van der Waals surface area (Å²) < 4.78 is 1.93. The lowest BCUT2D eigenvalue weighted by Gasteiger charge is -2.10. The van der Waals surface area contributed by atoms with E-state index in [0.717, 1.165) is 5.56 Å². The first-order chi connectivity index (χ1) is 11.0. The highest BCUT2D eigenvalue weighted by molar-refractivity contribution is 6.02. The summed E-state index contributed by atoms with van der Waals surface area (Å²) in [4.78, 5) is 19.6. The standard InChI is InChI=1S/C16H18N6O/c1-10(2)22-9-18-21-15(22)12-5-4-6-14(19-12)20-16(23)13-7-11(3)8-17-13/h4-10,17H,1-3H3,(H,19,20,23). The lowest BCUT2D eigenvalue weighted by atomic mass is 10.3. The minimum atomic E-state index is -0.229. The Labute approximate surface area is 133 Å². The third-order valence-corrected chi connectivity index (χ3v) is 3.42. The lowest BCUT2D eigenvalue weighted by molar-refractivity contribution is 0.102. The van der Waals surface area contributed by atoms with Crippen LogP contribution < -0.4 is 5.32 Å². The third kappa shape index (κ3) is 3.13. The van der Waals surface area contributed by atoms with Crippen molar-refractivity contribution in [3.8, 4) is 11.5 Å².